The molecule has 1 aromatic heterocycles. The molecule has 7 heteroatoms. The normalized spacial score (nSPS) is 14.5. The molecule has 0 aliphatic heterocycles. The summed E-state index contributed by atoms with van der Waals surface area (Å²) in [4.78, 5) is 31.7. The van der Waals surface area contributed by atoms with E-state index in [9.17, 15) is 9.59 Å². The lowest BCUT2D eigenvalue weighted by Gasteiger charge is -2.12. The fourth-order valence-electron chi connectivity index (χ4n) is 4.44. The predicted molar refractivity (Wildman–Crippen MR) is 134 cm³/mol. The van der Waals surface area contributed by atoms with Crippen LogP contribution >= 0.6 is 0 Å². The number of aryl methyl sites for hydroxylation is 2. The standard InChI is InChI=1S/C28H31N3O4/c1-18-16-30-28(21-6-4-20(5-7-21)19(2)32)31-26(18)17-29-12-3-13-35-24-10-11-25-22(14-24)8-9-23(25)15-27(33)34/h4-7,10-11,14,16,23,29H,3,8-9,12-13,15,17H2,1-2H3,(H,33,34)/t23-/m0/s1. The molecular formula is C28H31N3O4. The van der Waals surface area contributed by atoms with Crippen LogP contribution in [0.2, 0.25) is 0 Å². The Morgan fingerprint density at radius 1 is 1.17 bits per heavy atom. The van der Waals surface area contributed by atoms with Crippen LogP contribution in [0.1, 0.15) is 64.8 Å². The van der Waals surface area contributed by atoms with Crippen molar-refractivity contribution < 1.29 is 19.4 Å². The lowest BCUT2D eigenvalue weighted by molar-refractivity contribution is -0.137. The minimum absolute atomic E-state index is 0.0378. The van der Waals surface area contributed by atoms with Gasteiger partial charge in [-0.25, -0.2) is 9.97 Å². The van der Waals surface area contributed by atoms with Crippen LogP contribution in [0.15, 0.2) is 48.7 Å². The van der Waals surface area contributed by atoms with Gasteiger partial charge in [-0.3, -0.25) is 9.59 Å². The Hall–Kier alpha value is -3.58. The van der Waals surface area contributed by atoms with Crippen LogP contribution in [0, 0.1) is 6.92 Å². The third-order valence-electron chi connectivity index (χ3n) is 6.42. The van der Waals surface area contributed by atoms with E-state index in [2.05, 4.69) is 16.4 Å². The number of hydrogen-bond donors (Lipinski definition) is 2. The molecule has 0 bridgehead atoms. The largest absolute Gasteiger partial charge is 0.494 e. The molecule has 0 unspecified atom stereocenters. The molecule has 1 heterocycles. The molecule has 4 rings (SSSR count). The van der Waals surface area contributed by atoms with Crippen LogP contribution in [0.4, 0.5) is 0 Å². The molecule has 1 atom stereocenters. The summed E-state index contributed by atoms with van der Waals surface area (Å²) < 4.78 is 5.92. The monoisotopic (exact) mass is 473 g/mol. The molecule has 35 heavy (non-hydrogen) atoms. The number of fused-ring (bicyclic) bond motifs is 1. The van der Waals surface area contributed by atoms with E-state index in [1.54, 1.807) is 19.1 Å². The minimum Gasteiger partial charge on any atom is -0.494 e. The molecule has 0 saturated heterocycles. The van der Waals surface area contributed by atoms with E-state index in [1.807, 2.05) is 37.4 Å². The van der Waals surface area contributed by atoms with Gasteiger partial charge in [-0.05, 0) is 74.4 Å². The van der Waals surface area contributed by atoms with E-state index < -0.39 is 5.97 Å². The van der Waals surface area contributed by atoms with Crippen LogP contribution in [-0.2, 0) is 17.8 Å². The fraction of sp³-hybridized carbons (Fsp3) is 0.357. The third-order valence-corrected chi connectivity index (χ3v) is 6.42. The zero-order valence-corrected chi connectivity index (χ0v) is 20.2. The summed E-state index contributed by atoms with van der Waals surface area (Å²) in [7, 11) is 0. The number of carbonyl (C=O) groups is 2. The fourth-order valence-corrected chi connectivity index (χ4v) is 4.44. The summed E-state index contributed by atoms with van der Waals surface area (Å²) in [5.41, 5.74) is 5.88. The maximum Gasteiger partial charge on any atom is 0.303 e. The van der Waals surface area contributed by atoms with Gasteiger partial charge in [-0.2, -0.15) is 0 Å². The molecule has 2 N–H and O–H groups in total. The van der Waals surface area contributed by atoms with Crippen molar-refractivity contribution in [3.63, 3.8) is 0 Å². The highest BCUT2D eigenvalue weighted by Crippen LogP contribution is 2.37. The molecule has 0 amide bonds. The third kappa shape index (κ3) is 6.31. The molecule has 182 valence electrons. The lowest BCUT2D eigenvalue weighted by atomic mass is 9.98. The van der Waals surface area contributed by atoms with E-state index in [0.717, 1.165) is 53.9 Å². The van der Waals surface area contributed by atoms with Gasteiger partial charge >= 0.3 is 5.97 Å². The quantitative estimate of drug-likeness (QED) is 0.307. The van der Waals surface area contributed by atoms with Crippen LogP contribution in [0.3, 0.4) is 0 Å². The van der Waals surface area contributed by atoms with E-state index in [4.69, 9.17) is 14.8 Å². The van der Waals surface area contributed by atoms with Crippen molar-refractivity contribution in [3.05, 3.63) is 76.6 Å². The Bertz CT molecular complexity index is 1210. The minimum atomic E-state index is -0.743. The van der Waals surface area contributed by atoms with Gasteiger partial charge in [-0.1, -0.05) is 30.3 Å². The number of carboxylic acid groups (broad SMARTS) is 1. The summed E-state index contributed by atoms with van der Waals surface area (Å²) in [6.45, 7) is 5.57. The molecule has 1 aliphatic rings. The highest BCUT2D eigenvalue weighted by Gasteiger charge is 2.24. The second-order valence-electron chi connectivity index (χ2n) is 9.03. The number of ether oxygens (including phenoxy) is 1. The summed E-state index contributed by atoms with van der Waals surface area (Å²) in [5.74, 6) is 0.898. The molecule has 0 fully saturated rings. The first-order chi connectivity index (χ1) is 16.9. The van der Waals surface area contributed by atoms with Crippen molar-refractivity contribution in [3.8, 4) is 17.1 Å². The summed E-state index contributed by atoms with van der Waals surface area (Å²) >= 11 is 0. The first-order valence-electron chi connectivity index (χ1n) is 12.0. The smallest absolute Gasteiger partial charge is 0.303 e. The molecule has 0 spiro atoms. The first-order valence-corrected chi connectivity index (χ1v) is 12.0. The molecular weight excluding hydrogens is 442 g/mol. The average Bonchev–Trinajstić information content (AvgIpc) is 3.23. The molecule has 3 aromatic rings. The van der Waals surface area contributed by atoms with Crippen LogP contribution in [0.25, 0.3) is 11.4 Å². The van der Waals surface area contributed by atoms with Crippen molar-refractivity contribution in [2.24, 2.45) is 0 Å². The molecule has 1 aliphatic carbocycles. The van der Waals surface area contributed by atoms with Gasteiger partial charge in [0.05, 0.1) is 18.7 Å². The number of benzene rings is 2. The Morgan fingerprint density at radius 2 is 1.97 bits per heavy atom. The van der Waals surface area contributed by atoms with Gasteiger partial charge in [0.2, 0.25) is 0 Å². The molecule has 7 nitrogen and oxygen atoms in total. The van der Waals surface area contributed by atoms with Gasteiger partial charge in [0.1, 0.15) is 5.75 Å². The van der Waals surface area contributed by atoms with E-state index in [0.29, 0.717) is 24.5 Å². The topological polar surface area (TPSA) is 101 Å². The highest BCUT2D eigenvalue weighted by atomic mass is 16.5. The van der Waals surface area contributed by atoms with Crippen molar-refractivity contribution in [2.45, 2.75) is 52.0 Å². The number of nitrogens with one attached hydrogen (secondary N) is 1. The number of rotatable bonds is 11. The van der Waals surface area contributed by atoms with E-state index in [1.165, 1.54) is 5.56 Å². The van der Waals surface area contributed by atoms with Crippen molar-refractivity contribution in [1.29, 1.82) is 0 Å². The van der Waals surface area contributed by atoms with Crippen molar-refractivity contribution in [2.75, 3.05) is 13.2 Å². The number of carboxylic acids is 1. The van der Waals surface area contributed by atoms with Crippen LogP contribution in [-0.4, -0.2) is 40.0 Å². The highest BCUT2D eigenvalue weighted by molar-refractivity contribution is 5.94. The maximum absolute atomic E-state index is 11.5. The second kappa shape index (κ2) is 11.2. The summed E-state index contributed by atoms with van der Waals surface area (Å²) in [6, 6.07) is 13.4. The Balaban J connectivity index is 1.23. The Labute approximate surface area is 205 Å². The zero-order chi connectivity index (χ0) is 24.8. The van der Waals surface area contributed by atoms with E-state index in [-0.39, 0.29) is 18.1 Å². The zero-order valence-electron chi connectivity index (χ0n) is 20.2. The number of ketones is 1. The SMILES string of the molecule is CC(=O)c1ccc(-c2ncc(C)c(CNCCCOc3ccc4c(c3)CC[C@H]4CC(=O)O)n2)cc1. The number of carbonyl (C=O) groups excluding carboxylic acids is 1. The van der Waals surface area contributed by atoms with Gasteiger partial charge in [-0.15, -0.1) is 0 Å². The number of aromatic nitrogens is 2. The number of aliphatic carboxylic acids is 1. The lowest BCUT2D eigenvalue weighted by Crippen LogP contribution is -2.19. The molecule has 0 saturated carbocycles. The van der Waals surface area contributed by atoms with Gasteiger partial charge in [0, 0.05) is 23.9 Å². The maximum atomic E-state index is 11.5. The molecule has 0 radical (unpaired) electrons. The summed E-state index contributed by atoms with van der Waals surface area (Å²) in [5, 5.41) is 12.5. The number of hydrogen-bond acceptors (Lipinski definition) is 6. The van der Waals surface area contributed by atoms with Crippen molar-refractivity contribution >= 4 is 11.8 Å². The van der Waals surface area contributed by atoms with Gasteiger partial charge in [0.25, 0.3) is 0 Å². The molecule has 2 aromatic carbocycles. The average molecular weight is 474 g/mol. The van der Waals surface area contributed by atoms with Crippen molar-refractivity contribution in [1.82, 2.24) is 15.3 Å². The second-order valence-corrected chi connectivity index (χ2v) is 9.03. The Kier molecular flexibility index (Phi) is 7.87. The van der Waals surface area contributed by atoms with E-state index >= 15 is 0 Å². The van der Waals surface area contributed by atoms with Gasteiger partial charge in [0.15, 0.2) is 11.6 Å². The summed E-state index contributed by atoms with van der Waals surface area (Å²) in [6.07, 6.45) is 4.67. The Morgan fingerprint density at radius 3 is 2.71 bits per heavy atom. The first kappa shape index (κ1) is 24.5. The predicted octanol–water partition coefficient (Wildman–Crippen LogP) is 4.72. The van der Waals surface area contributed by atoms with Gasteiger partial charge < -0.3 is 15.2 Å². The number of nitrogens with zero attached hydrogens (tertiary/aromatic N) is 2. The number of Topliss-reactive ketones (excluding diaryl/α,β-unsaturated/α-hetero) is 1. The van der Waals surface area contributed by atoms with Crippen LogP contribution < -0.4 is 10.1 Å². The van der Waals surface area contributed by atoms with Crippen LogP contribution in [0.5, 0.6) is 5.75 Å².